The second kappa shape index (κ2) is 5.70. The Morgan fingerprint density at radius 1 is 0.950 bits per heavy atom. The zero-order valence-electron chi connectivity index (χ0n) is 11.1. The number of rotatable bonds is 3. The van der Waals surface area contributed by atoms with Crippen molar-refractivity contribution in [1.82, 2.24) is 15.0 Å². The molecule has 104 valence electrons. The molecule has 3 rings (SSSR count). The van der Waals surface area contributed by atoms with Gasteiger partial charge in [-0.25, -0.2) is 20.8 Å². The van der Waals surface area contributed by atoms with E-state index in [1.165, 1.54) is 0 Å². The molecule has 2 aromatic heterocycles. The summed E-state index contributed by atoms with van der Waals surface area (Å²) in [7, 11) is 0. The minimum Gasteiger partial charge on any atom is -0.367 e. The first-order valence-electron chi connectivity index (χ1n) is 6.56. The zero-order chi connectivity index (χ0) is 13.8. The van der Waals surface area contributed by atoms with E-state index in [9.17, 15) is 0 Å². The Kier molecular flexibility index (Phi) is 3.60. The Bertz CT molecular complexity index is 534. The highest BCUT2D eigenvalue weighted by Gasteiger charge is 2.19. The fraction of sp³-hybridized carbons (Fsp3) is 0.308. The zero-order valence-corrected chi connectivity index (χ0v) is 11.1. The third kappa shape index (κ3) is 2.62. The molecular formula is C13H17N7. The molecule has 7 nitrogen and oxygen atoms in total. The van der Waals surface area contributed by atoms with Gasteiger partial charge in [-0.2, -0.15) is 0 Å². The van der Waals surface area contributed by atoms with Crippen LogP contribution in [-0.2, 0) is 0 Å². The van der Waals surface area contributed by atoms with E-state index in [2.05, 4.69) is 30.2 Å². The summed E-state index contributed by atoms with van der Waals surface area (Å²) < 4.78 is 0. The van der Waals surface area contributed by atoms with Crippen molar-refractivity contribution >= 4 is 17.5 Å². The minimum absolute atomic E-state index is 0.671. The van der Waals surface area contributed by atoms with Crippen LogP contribution in [0.15, 0.2) is 36.8 Å². The van der Waals surface area contributed by atoms with Crippen molar-refractivity contribution in [3.63, 3.8) is 0 Å². The highest BCUT2D eigenvalue weighted by molar-refractivity contribution is 5.50. The number of nitrogens with one attached hydrogen (secondary N) is 1. The molecule has 3 N–H and O–H groups in total. The highest BCUT2D eigenvalue weighted by Crippen LogP contribution is 2.18. The van der Waals surface area contributed by atoms with Gasteiger partial charge in [-0.05, 0) is 18.2 Å². The number of hydrazine groups is 1. The molecule has 0 aromatic carbocycles. The number of pyridine rings is 1. The second-order valence-corrected chi connectivity index (χ2v) is 4.57. The van der Waals surface area contributed by atoms with Crippen LogP contribution in [0.1, 0.15) is 0 Å². The molecule has 1 saturated heterocycles. The SMILES string of the molecule is NNc1ccc(N2CCN(c3ncccn3)CC2)cn1. The van der Waals surface area contributed by atoms with Crippen LogP contribution in [0.4, 0.5) is 17.5 Å². The molecule has 1 fully saturated rings. The van der Waals surface area contributed by atoms with Gasteiger partial charge >= 0.3 is 0 Å². The van der Waals surface area contributed by atoms with Gasteiger partial charge in [0.25, 0.3) is 0 Å². The van der Waals surface area contributed by atoms with Gasteiger partial charge in [0.1, 0.15) is 5.82 Å². The van der Waals surface area contributed by atoms with Gasteiger partial charge in [-0.3, -0.25) is 0 Å². The van der Waals surface area contributed by atoms with E-state index in [0.717, 1.165) is 37.8 Å². The molecule has 0 radical (unpaired) electrons. The Balaban J connectivity index is 1.63. The van der Waals surface area contributed by atoms with Gasteiger partial charge in [0.05, 0.1) is 11.9 Å². The van der Waals surface area contributed by atoms with Gasteiger partial charge < -0.3 is 15.2 Å². The van der Waals surface area contributed by atoms with Crippen molar-refractivity contribution < 1.29 is 0 Å². The predicted octanol–water partition coefficient (Wildman–Crippen LogP) is 0.484. The number of piperazine rings is 1. The third-order valence-corrected chi connectivity index (χ3v) is 3.38. The molecule has 0 saturated carbocycles. The monoisotopic (exact) mass is 271 g/mol. The van der Waals surface area contributed by atoms with Crippen molar-refractivity contribution in [3.05, 3.63) is 36.8 Å². The van der Waals surface area contributed by atoms with E-state index in [1.54, 1.807) is 12.4 Å². The van der Waals surface area contributed by atoms with Crippen LogP contribution in [0.3, 0.4) is 0 Å². The van der Waals surface area contributed by atoms with Gasteiger partial charge in [0.2, 0.25) is 5.95 Å². The number of hydrogen-bond acceptors (Lipinski definition) is 7. The first-order chi connectivity index (χ1) is 9.86. The predicted molar refractivity (Wildman–Crippen MR) is 78.5 cm³/mol. The lowest BCUT2D eigenvalue weighted by Crippen LogP contribution is -2.47. The normalized spacial score (nSPS) is 15.2. The van der Waals surface area contributed by atoms with E-state index in [0.29, 0.717) is 5.82 Å². The summed E-state index contributed by atoms with van der Waals surface area (Å²) in [6.07, 6.45) is 5.39. The van der Waals surface area contributed by atoms with Crippen LogP contribution in [0.2, 0.25) is 0 Å². The molecule has 20 heavy (non-hydrogen) atoms. The summed E-state index contributed by atoms with van der Waals surface area (Å²) in [6.45, 7) is 3.66. The Labute approximate surface area is 117 Å². The molecule has 7 heteroatoms. The lowest BCUT2D eigenvalue weighted by molar-refractivity contribution is 0.639. The molecule has 0 atom stereocenters. The molecule has 2 aromatic rings. The standard InChI is InChI=1S/C13H17N7/c14-18-12-3-2-11(10-17-12)19-6-8-20(9-7-19)13-15-4-1-5-16-13/h1-5,10H,6-9,14H2,(H,17,18). The maximum Gasteiger partial charge on any atom is 0.225 e. The van der Waals surface area contributed by atoms with Crippen molar-refractivity contribution in [2.24, 2.45) is 5.84 Å². The Morgan fingerprint density at radius 3 is 2.25 bits per heavy atom. The Hall–Kier alpha value is -2.41. The summed E-state index contributed by atoms with van der Waals surface area (Å²) in [5.74, 6) is 6.78. The molecular weight excluding hydrogens is 254 g/mol. The van der Waals surface area contributed by atoms with Crippen LogP contribution in [0.5, 0.6) is 0 Å². The number of hydrogen-bond donors (Lipinski definition) is 2. The van der Waals surface area contributed by atoms with Crippen LogP contribution in [-0.4, -0.2) is 41.1 Å². The summed E-state index contributed by atoms with van der Waals surface area (Å²) in [4.78, 5) is 17.3. The smallest absolute Gasteiger partial charge is 0.225 e. The van der Waals surface area contributed by atoms with Crippen LogP contribution < -0.4 is 21.1 Å². The number of nitrogen functional groups attached to an aromatic ring is 1. The van der Waals surface area contributed by atoms with E-state index in [1.807, 2.05) is 24.4 Å². The topological polar surface area (TPSA) is 83.2 Å². The number of nitrogens with zero attached hydrogens (tertiary/aromatic N) is 5. The average molecular weight is 271 g/mol. The number of anilines is 3. The molecule has 3 heterocycles. The summed E-state index contributed by atoms with van der Waals surface area (Å²) >= 11 is 0. The van der Waals surface area contributed by atoms with Crippen LogP contribution in [0, 0.1) is 0 Å². The average Bonchev–Trinajstić information content (AvgIpc) is 2.56. The molecule has 0 spiro atoms. The van der Waals surface area contributed by atoms with Gasteiger partial charge in [-0.1, -0.05) is 0 Å². The molecule has 0 amide bonds. The fourth-order valence-corrected chi connectivity index (χ4v) is 2.28. The minimum atomic E-state index is 0.671. The van der Waals surface area contributed by atoms with Crippen LogP contribution >= 0.6 is 0 Å². The van der Waals surface area contributed by atoms with Gasteiger partial charge in [-0.15, -0.1) is 0 Å². The Morgan fingerprint density at radius 2 is 1.65 bits per heavy atom. The van der Waals surface area contributed by atoms with Gasteiger partial charge in [0, 0.05) is 38.6 Å². The third-order valence-electron chi connectivity index (χ3n) is 3.38. The van der Waals surface area contributed by atoms with Crippen molar-refractivity contribution in [1.29, 1.82) is 0 Å². The van der Waals surface area contributed by atoms with E-state index in [-0.39, 0.29) is 0 Å². The quantitative estimate of drug-likeness (QED) is 0.620. The van der Waals surface area contributed by atoms with E-state index < -0.39 is 0 Å². The lowest BCUT2D eigenvalue weighted by atomic mass is 10.3. The molecule has 1 aliphatic heterocycles. The maximum absolute atomic E-state index is 5.31. The van der Waals surface area contributed by atoms with Crippen molar-refractivity contribution in [3.8, 4) is 0 Å². The first-order valence-corrected chi connectivity index (χ1v) is 6.56. The summed E-state index contributed by atoms with van der Waals surface area (Å²) in [6, 6.07) is 5.73. The number of nitrogens with two attached hydrogens (primary N) is 1. The highest BCUT2D eigenvalue weighted by atomic mass is 15.3. The van der Waals surface area contributed by atoms with Crippen molar-refractivity contribution in [2.75, 3.05) is 41.4 Å². The van der Waals surface area contributed by atoms with Gasteiger partial charge in [0.15, 0.2) is 0 Å². The largest absolute Gasteiger partial charge is 0.367 e. The van der Waals surface area contributed by atoms with Crippen molar-refractivity contribution in [2.45, 2.75) is 0 Å². The summed E-state index contributed by atoms with van der Waals surface area (Å²) in [5.41, 5.74) is 3.64. The lowest BCUT2D eigenvalue weighted by Gasteiger charge is -2.35. The molecule has 0 aliphatic carbocycles. The first kappa shape index (κ1) is 12.6. The molecule has 0 bridgehead atoms. The second-order valence-electron chi connectivity index (χ2n) is 4.57. The molecule has 1 aliphatic rings. The molecule has 0 unspecified atom stereocenters. The number of aromatic nitrogens is 3. The maximum atomic E-state index is 5.31. The fourth-order valence-electron chi connectivity index (χ4n) is 2.28. The summed E-state index contributed by atoms with van der Waals surface area (Å²) in [5, 5.41) is 0. The van der Waals surface area contributed by atoms with E-state index in [4.69, 9.17) is 5.84 Å². The van der Waals surface area contributed by atoms with E-state index >= 15 is 0 Å². The van der Waals surface area contributed by atoms with Crippen LogP contribution in [0.25, 0.3) is 0 Å².